The minimum absolute atomic E-state index is 0.0648. The normalized spacial score (nSPS) is 10.7. The SMILES string of the molecule is Cc1cc(C)c([C](=O)[Na])c(C)c1.O=P(O)(O)c1ccccc1. The van der Waals surface area contributed by atoms with Gasteiger partial charge in [0.05, 0.1) is 5.30 Å². The second-order valence-corrected chi connectivity index (χ2v) is 7.72. The Balaban J connectivity index is 0.000000224. The van der Waals surface area contributed by atoms with Gasteiger partial charge in [0.1, 0.15) is 0 Å². The van der Waals surface area contributed by atoms with Gasteiger partial charge in [-0.1, -0.05) is 18.2 Å². The standard InChI is InChI=1S/C10H11O.C6H7O3P.Na/c1-7-4-8(2)10(6-11)9(3)5-7;7-10(8,9)6-4-2-1-3-5-6;/h4-5H,1-3H3;1-5H,(H2,7,8,9);. The van der Waals surface area contributed by atoms with Gasteiger partial charge in [-0.25, -0.2) is 0 Å². The van der Waals surface area contributed by atoms with Crippen molar-refractivity contribution in [2.24, 2.45) is 0 Å². The monoisotopic (exact) mass is 328 g/mol. The van der Waals surface area contributed by atoms with Gasteiger partial charge in [-0.3, -0.25) is 4.57 Å². The van der Waals surface area contributed by atoms with Crippen LogP contribution in [0.1, 0.15) is 27.0 Å². The smallest absolute Gasteiger partial charge is 0.321 e. The number of hydrogen-bond acceptors (Lipinski definition) is 2. The number of carbonyl (C=O) groups is 1. The minimum Gasteiger partial charge on any atom is -0.321 e. The maximum absolute atomic E-state index is 11.3. The molecule has 0 aliphatic rings. The summed E-state index contributed by atoms with van der Waals surface area (Å²) >= 11 is 0.613. The zero-order valence-electron chi connectivity index (χ0n) is 13.2. The number of benzene rings is 2. The van der Waals surface area contributed by atoms with Crippen molar-refractivity contribution in [1.29, 1.82) is 0 Å². The summed E-state index contributed by atoms with van der Waals surface area (Å²) in [5.74, 6) is 0. The van der Waals surface area contributed by atoms with Gasteiger partial charge >= 0.3 is 98.5 Å². The summed E-state index contributed by atoms with van der Waals surface area (Å²) in [7, 11) is -4.02. The fourth-order valence-electron chi connectivity index (χ4n) is 2.36. The quantitative estimate of drug-likeness (QED) is 0.656. The molecule has 0 aromatic heterocycles. The van der Waals surface area contributed by atoms with Crippen molar-refractivity contribution in [3.05, 3.63) is 64.7 Å². The molecule has 0 fully saturated rings. The summed E-state index contributed by atoms with van der Waals surface area (Å²) in [4.78, 5) is 28.5. The van der Waals surface area contributed by atoms with Crippen LogP contribution in [-0.2, 0) is 4.57 Å². The molecule has 0 unspecified atom stereocenters. The van der Waals surface area contributed by atoms with Crippen LogP contribution in [0.25, 0.3) is 0 Å². The third-order valence-corrected chi connectivity index (χ3v) is 4.59. The Morgan fingerprint density at radius 2 is 1.45 bits per heavy atom. The average Bonchev–Trinajstić information content (AvgIpc) is 2.37. The molecule has 0 bridgehead atoms. The Morgan fingerprint density at radius 3 is 1.77 bits per heavy atom. The number of hydrogen-bond donors (Lipinski definition) is 2. The molecule has 0 spiro atoms. The van der Waals surface area contributed by atoms with Gasteiger partial charge in [-0.15, -0.1) is 0 Å². The van der Waals surface area contributed by atoms with Crippen LogP contribution in [-0.4, -0.2) is 40.8 Å². The Bertz CT molecular complexity index is 684. The van der Waals surface area contributed by atoms with Crippen molar-refractivity contribution in [2.75, 3.05) is 0 Å². The average molecular weight is 328 g/mol. The summed E-state index contributed by atoms with van der Waals surface area (Å²) < 4.78 is 10.8. The summed E-state index contributed by atoms with van der Waals surface area (Å²) in [5, 5.41) is 0.0648. The van der Waals surface area contributed by atoms with Gasteiger partial charge in [0.15, 0.2) is 0 Å². The molecule has 2 N–H and O–H groups in total. The number of carbonyl (C=O) groups excluding carboxylic acids is 1. The van der Waals surface area contributed by atoms with E-state index in [9.17, 15) is 9.36 Å². The number of aryl methyl sites for hydroxylation is 3. The summed E-state index contributed by atoms with van der Waals surface area (Å²) in [5.41, 5.74) is 4.41. The molecule has 0 saturated carbocycles. The summed E-state index contributed by atoms with van der Waals surface area (Å²) in [6.07, 6.45) is 0. The van der Waals surface area contributed by atoms with Crippen LogP contribution in [0.4, 0.5) is 0 Å². The molecule has 2 rings (SSSR count). The van der Waals surface area contributed by atoms with Crippen molar-refractivity contribution in [1.82, 2.24) is 0 Å². The molecule has 0 saturated heterocycles. The fraction of sp³-hybridized carbons (Fsp3) is 0.188. The van der Waals surface area contributed by atoms with E-state index in [1.165, 1.54) is 17.7 Å². The van der Waals surface area contributed by atoms with E-state index in [0.717, 1.165) is 16.7 Å². The predicted molar refractivity (Wildman–Crippen MR) is 88.9 cm³/mol. The molecule has 0 radical (unpaired) electrons. The van der Waals surface area contributed by atoms with Crippen molar-refractivity contribution < 1.29 is 19.1 Å². The van der Waals surface area contributed by atoms with Crippen LogP contribution < -0.4 is 5.30 Å². The molecule has 0 aliphatic heterocycles. The maximum atomic E-state index is 11.3. The molecule has 4 nitrogen and oxygen atoms in total. The van der Waals surface area contributed by atoms with Crippen LogP contribution in [0.2, 0.25) is 0 Å². The van der Waals surface area contributed by atoms with Gasteiger partial charge in [0, 0.05) is 0 Å². The zero-order chi connectivity index (χ0) is 16.9. The summed E-state index contributed by atoms with van der Waals surface area (Å²) in [6, 6.07) is 11.8. The Morgan fingerprint density at radius 1 is 1.00 bits per heavy atom. The first-order chi connectivity index (χ1) is 10.1. The molecule has 0 atom stereocenters. The molecule has 112 valence electrons. The van der Waals surface area contributed by atoms with Gasteiger partial charge in [-0.2, -0.15) is 0 Å². The van der Waals surface area contributed by atoms with Crippen LogP contribution in [0.5, 0.6) is 0 Å². The van der Waals surface area contributed by atoms with E-state index < -0.39 is 7.60 Å². The van der Waals surface area contributed by atoms with E-state index in [4.69, 9.17) is 9.79 Å². The summed E-state index contributed by atoms with van der Waals surface area (Å²) in [6.45, 7) is 6.07. The van der Waals surface area contributed by atoms with E-state index >= 15 is 0 Å². The molecular weight excluding hydrogens is 310 g/mol. The van der Waals surface area contributed by atoms with E-state index in [1.807, 2.05) is 13.8 Å². The first-order valence-electron chi connectivity index (χ1n) is 6.83. The third-order valence-electron chi connectivity index (χ3n) is 3.12. The van der Waals surface area contributed by atoms with E-state index in [-0.39, 0.29) is 5.30 Å². The van der Waals surface area contributed by atoms with E-state index in [1.54, 1.807) is 18.2 Å². The molecule has 2 aromatic rings. The second kappa shape index (κ2) is 8.21. The van der Waals surface area contributed by atoms with Crippen LogP contribution in [0, 0.1) is 20.8 Å². The fourth-order valence-corrected chi connectivity index (χ4v) is 3.71. The van der Waals surface area contributed by atoms with Crippen LogP contribution in [0.15, 0.2) is 42.5 Å². The first kappa shape index (κ1) is 19.3. The minimum atomic E-state index is -4.02. The Hall–Kier alpha value is -0.740. The van der Waals surface area contributed by atoms with Crippen molar-refractivity contribution in [2.45, 2.75) is 20.8 Å². The molecule has 0 amide bonds. The largest absolute Gasteiger partial charge is 0.356 e. The molecule has 22 heavy (non-hydrogen) atoms. The van der Waals surface area contributed by atoms with Crippen molar-refractivity contribution in [3.63, 3.8) is 0 Å². The third kappa shape index (κ3) is 5.81. The molecular formula is C16H18NaO4P. The van der Waals surface area contributed by atoms with Crippen molar-refractivity contribution in [3.8, 4) is 0 Å². The maximum Gasteiger partial charge on any atom is 0.356 e. The number of rotatable bonds is 2. The Kier molecular flexibility index (Phi) is 7.20. The van der Waals surface area contributed by atoms with Crippen LogP contribution in [0.3, 0.4) is 0 Å². The van der Waals surface area contributed by atoms with Gasteiger partial charge in [0.25, 0.3) is 0 Å². The van der Waals surface area contributed by atoms with Crippen LogP contribution >= 0.6 is 7.60 Å². The topological polar surface area (TPSA) is 74.6 Å². The Labute approximate surface area is 148 Å². The zero-order valence-corrected chi connectivity index (χ0v) is 16.1. The molecule has 0 aliphatic carbocycles. The van der Waals surface area contributed by atoms with E-state index in [0.29, 0.717) is 31.0 Å². The van der Waals surface area contributed by atoms with Gasteiger partial charge < -0.3 is 9.79 Å². The second-order valence-electron chi connectivity index (χ2n) is 5.21. The van der Waals surface area contributed by atoms with E-state index in [2.05, 4.69) is 19.1 Å². The molecule has 2 aromatic carbocycles. The molecule has 6 heteroatoms. The van der Waals surface area contributed by atoms with Gasteiger partial charge in [-0.05, 0) is 12.1 Å². The first-order valence-corrected chi connectivity index (χ1v) is 9.44. The predicted octanol–water partition coefficient (Wildman–Crippen LogP) is 2.41. The van der Waals surface area contributed by atoms with Gasteiger partial charge in [0.2, 0.25) is 0 Å². The van der Waals surface area contributed by atoms with Crippen molar-refractivity contribution >= 4 is 43.9 Å². The molecule has 0 heterocycles.